The fourth-order valence-corrected chi connectivity index (χ4v) is 2.31. The molecule has 0 aromatic heterocycles. The van der Waals surface area contributed by atoms with Gasteiger partial charge in [0.1, 0.15) is 11.3 Å². The third-order valence-corrected chi connectivity index (χ3v) is 3.56. The Morgan fingerprint density at radius 3 is 2.84 bits per heavy atom. The maximum absolute atomic E-state index is 11.8. The second-order valence-corrected chi connectivity index (χ2v) is 4.73. The van der Waals surface area contributed by atoms with Crippen molar-refractivity contribution in [2.24, 2.45) is 5.92 Å². The Morgan fingerprint density at radius 1 is 1.58 bits per heavy atom. The molecular weight excluding hydrogens is 270 g/mol. The van der Waals surface area contributed by atoms with Gasteiger partial charge in [0.2, 0.25) is 5.91 Å². The summed E-state index contributed by atoms with van der Waals surface area (Å²) >= 11 is 5.75. The molecule has 19 heavy (non-hydrogen) atoms. The van der Waals surface area contributed by atoms with Crippen LogP contribution >= 0.6 is 11.6 Å². The topological polar surface area (TPSA) is 66.8 Å². The number of carbonyl (C=O) groups excluding carboxylic acids is 2. The Hall–Kier alpha value is -1.75. The molecule has 1 atom stereocenters. The van der Waals surface area contributed by atoms with Crippen LogP contribution in [0.2, 0.25) is 0 Å². The van der Waals surface area contributed by atoms with Gasteiger partial charge in [0.05, 0.1) is 7.11 Å². The number of phenols is 1. The molecule has 1 saturated heterocycles. The van der Waals surface area contributed by atoms with Crippen LogP contribution in [0, 0.1) is 5.92 Å². The van der Waals surface area contributed by atoms with Crippen LogP contribution in [-0.4, -0.2) is 36.5 Å². The summed E-state index contributed by atoms with van der Waals surface area (Å²) in [6.07, 6.45) is 0.406. The molecule has 1 unspecified atom stereocenters. The number of amides is 1. The van der Waals surface area contributed by atoms with Crippen molar-refractivity contribution in [1.82, 2.24) is 0 Å². The number of benzene rings is 1. The summed E-state index contributed by atoms with van der Waals surface area (Å²) < 4.78 is 4.54. The van der Waals surface area contributed by atoms with Crippen molar-refractivity contribution < 1.29 is 19.4 Å². The second-order valence-electron chi connectivity index (χ2n) is 4.42. The van der Waals surface area contributed by atoms with Gasteiger partial charge >= 0.3 is 5.97 Å². The maximum atomic E-state index is 11.8. The Kier molecular flexibility index (Phi) is 3.95. The number of anilines is 1. The third kappa shape index (κ3) is 2.66. The molecule has 1 fully saturated rings. The van der Waals surface area contributed by atoms with Gasteiger partial charge < -0.3 is 14.7 Å². The number of methoxy groups -OCH3 is 1. The quantitative estimate of drug-likeness (QED) is 0.678. The molecule has 0 aliphatic carbocycles. The van der Waals surface area contributed by atoms with Gasteiger partial charge in [-0.25, -0.2) is 4.79 Å². The Labute approximate surface area is 115 Å². The molecule has 0 radical (unpaired) electrons. The zero-order chi connectivity index (χ0) is 14.0. The minimum absolute atomic E-state index is 0.0316. The first-order valence-corrected chi connectivity index (χ1v) is 6.38. The number of alkyl halides is 1. The zero-order valence-corrected chi connectivity index (χ0v) is 11.2. The Balaban J connectivity index is 2.25. The largest absolute Gasteiger partial charge is 0.507 e. The molecule has 1 aliphatic heterocycles. The van der Waals surface area contributed by atoms with Crippen LogP contribution in [0.3, 0.4) is 0 Å². The number of ether oxygens (including phenoxy) is 1. The molecule has 1 amide bonds. The molecule has 5 nitrogen and oxygen atoms in total. The highest BCUT2D eigenvalue weighted by molar-refractivity contribution is 6.18. The third-order valence-electron chi connectivity index (χ3n) is 3.12. The lowest BCUT2D eigenvalue weighted by molar-refractivity contribution is -0.117. The fourth-order valence-electron chi connectivity index (χ4n) is 2.10. The van der Waals surface area contributed by atoms with Crippen LogP contribution < -0.4 is 4.90 Å². The smallest absolute Gasteiger partial charge is 0.341 e. The molecule has 1 heterocycles. The van der Waals surface area contributed by atoms with E-state index < -0.39 is 5.97 Å². The number of esters is 1. The summed E-state index contributed by atoms with van der Waals surface area (Å²) in [5.74, 6) is -0.302. The van der Waals surface area contributed by atoms with Gasteiger partial charge in [0.15, 0.2) is 0 Å². The molecule has 2 rings (SSSR count). The lowest BCUT2D eigenvalue weighted by Crippen LogP contribution is -2.24. The van der Waals surface area contributed by atoms with E-state index in [1.165, 1.54) is 19.2 Å². The average Bonchev–Trinajstić information content (AvgIpc) is 2.79. The summed E-state index contributed by atoms with van der Waals surface area (Å²) in [5, 5.41) is 9.80. The van der Waals surface area contributed by atoms with Crippen LogP contribution in [0.5, 0.6) is 5.75 Å². The van der Waals surface area contributed by atoms with Crippen molar-refractivity contribution in [2.45, 2.75) is 6.42 Å². The van der Waals surface area contributed by atoms with E-state index in [9.17, 15) is 14.7 Å². The van der Waals surface area contributed by atoms with Gasteiger partial charge in [0, 0.05) is 30.6 Å². The number of phenolic OH excluding ortho intramolecular Hbond substituents is 1. The predicted molar refractivity (Wildman–Crippen MR) is 70.6 cm³/mol. The fraction of sp³-hybridized carbons (Fsp3) is 0.385. The molecule has 1 aliphatic rings. The van der Waals surface area contributed by atoms with Crippen molar-refractivity contribution in [2.75, 3.05) is 24.4 Å². The summed E-state index contributed by atoms with van der Waals surface area (Å²) in [4.78, 5) is 24.7. The molecule has 0 saturated carbocycles. The van der Waals surface area contributed by atoms with E-state index in [1.54, 1.807) is 11.0 Å². The molecule has 1 aromatic carbocycles. The highest BCUT2D eigenvalue weighted by atomic mass is 35.5. The van der Waals surface area contributed by atoms with E-state index in [-0.39, 0.29) is 23.1 Å². The van der Waals surface area contributed by atoms with E-state index >= 15 is 0 Å². The van der Waals surface area contributed by atoms with E-state index in [0.717, 1.165) is 0 Å². The normalized spacial score (nSPS) is 18.7. The lowest BCUT2D eigenvalue weighted by atomic mass is 10.1. The van der Waals surface area contributed by atoms with Crippen molar-refractivity contribution in [3.63, 3.8) is 0 Å². The molecular formula is C13H14ClNO4. The molecule has 6 heteroatoms. The van der Waals surface area contributed by atoms with E-state index in [0.29, 0.717) is 24.5 Å². The summed E-state index contributed by atoms with van der Waals surface area (Å²) in [5.41, 5.74) is 0.634. The minimum Gasteiger partial charge on any atom is -0.507 e. The van der Waals surface area contributed by atoms with Gasteiger partial charge in [-0.15, -0.1) is 11.6 Å². The van der Waals surface area contributed by atoms with Gasteiger partial charge in [-0.1, -0.05) is 0 Å². The predicted octanol–water partition coefficient (Wildman–Crippen LogP) is 1.77. The molecule has 102 valence electrons. The van der Waals surface area contributed by atoms with Crippen molar-refractivity contribution in [1.29, 1.82) is 0 Å². The van der Waals surface area contributed by atoms with Crippen LogP contribution in [0.25, 0.3) is 0 Å². The maximum Gasteiger partial charge on any atom is 0.341 e. The van der Waals surface area contributed by atoms with Crippen molar-refractivity contribution in [3.05, 3.63) is 23.8 Å². The zero-order valence-electron chi connectivity index (χ0n) is 10.4. The first-order chi connectivity index (χ1) is 9.06. The molecule has 1 aromatic rings. The number of rotatable bonds is 3. The van der Waals surface area contributed by atoms with Crippen LogP contribution in [0.15, 0.2) is 18.2 Å². The first-order valence-electron chi connectivity index (χ1n) is 5.84. The van der Waals surface area contributed by atoms with Crippen LogP contribution in [0.4, 0.5) is 5.69 Å². The van der Waals surface area contributed by atoms with Crippen molar-refractivity contribution >= 4 is 29.2 Å². The number of aromatic hydroxyl groups is 1. The van der Waals surface area contributed by atoms with Crippen molar-refractivity contribution in [3.8, 4) is 5.75 Å². The second kappa shape index (κ2) is 5.48. The first kappa shape index (κ1) is 13.7. The SMILES string of the molecule is COC(=O)c1ccc(N2CC(CCl)CC2=O)cc1O. The van der Waals surface area contributed by atoms with Gasteiger partial charge in [-0.2, -0.15) is 0 Å². The van der Waals surface area contributed by atoms with E-state index in [1.807, 2.05) is 0 Å². The number of halogens is 1. The molecule has 0 bridgehead atoms. The number of hydrogen-bond donors (Lipinski definition) is 1. The summed E-state index contributed by atoms with van der Waals surface area (Å²) in [6.45, 7) is 0.527. The minimum atomic E-state index is -0.615. The number of hydrogen-bond acceptors (Lipinski definition) is 4. The van der Waals surface area contributed by atoms with Crippen LogP contribution in [-0.2, 0) is 9.53 Å². The summed E-state index contributed by atoms with van der Waals surface area (Å²) in [6, 6.07) is 4.44. The van der Waals surface area contributed by atoms with Gasteiger partial charge in [-0.3, -0.25) is 4.79 Å². The number of carbonyl (C=O) groups is 2. The highest BCUT2D eigenvalue weighted by Gasteiger charge is 2.30. The molecule has 1 N–H and O–H groups in total. The Bertz CT molecular complexity index is 517. The highest BCUT2D eigenvalue weighted by Crippen LogP contribution is 2.30. The average molecular weight is 284 g/mol. The number of nitrogens with zero attached hydrogens (tertiary/aromatic N) is 1. The van der Waals surface area contributed by atoms with E-state index in [2.05, 4.69) is 4.74 Å². The monoisotopic (exact) mass is 283 g/mol. The molecule has 0 spiro atoms. The van der Waals surface area contributed by atoms with Crippen LogP contribution in [0.1, 0.15) is 16.8 Å². The van der Waals surface area contributed by atoms with E-state index in [4.69, 9.17) is 11.6 Å². The summed E-state index contributed by atoms with van der Waals surface area (Å²) in [7, 11) is 1.24. The van der Waals surface area contributed by atoms with Gasteiger partial charge in [-0.05, 0) is 18.1 Å². The lowest BCUT2D eigenvalue weighted by Gasteiger charge is -2.17. The Morgan fingerprint density at radius 2 is 2.32 bits per heavy atom. The van der Waals surface area contributed by atoms with Gasteiger partial charge in [0.25, 0.3) is 0 Å². The standard InChI is InChI=1S/C13H14ClNO4/c1-19-13(18)10-3-2-9(5-11(10)16)15-7-8(6-14)4-12(15)17/h2-3,5,8,16H,4,6-7H2,1H3.